The van der Waals surface area contributed by atoms with Crippen LogP contribution in [0.3, 0.4) is 0 Å². The minimum Gasteiger partial charge on any atom is -0.342 e. The number of nitrogens with zero attached hydrogens (tertiary/aromatic N) is 3. The molecule has 2 fully saturated rings. The number of aromatic nitrogens is 2. The van der Waals surface area contributed by atoms with Crippen molar-refractivity contribution in [2.75, 3.05) is 33.2 Å². The molecule has 1 N–H and O–H groups in total. The van der Waals surface area contributed by atoms with Gasteiger partial charge in [0.05, 0.1) is 0 Å². The van der Waals surface area contributed by atoms with E-state index in [0.717, 1.165) is 49.6 Å². The van der Waals surface area contributed by atoms with E-state index in [1.165, 1.54) is 12.8 Å². The van der Waals surface area contributed by atoms with E-state index in [9.17, 15) is 9.59 Å². The number of nitrogens with one attached hydrogen (secondary N) is 1. The minimum atomic E-state index is -0.316. The first kappa shape index (κ1) is 17.1. The molecule has 1 aromatic rings. The third-order valence-electron chi connectivity index (χ3n) is 5.69. The monoisotopic (exact) mass is 332 g/mol. The molecule has 6 heteroatoms. The van der Waals surface area contributed by atoms with Gasteiger partial charge in [0.1, 0.15) is 0 Å². The van der Waals surface area contributed by atoms with Crippen LogP contribution in [0, 0.1) is 19.3 Å². The zero-order chi connectivity index (χ0) is 17.3. The van der Waals surface area contributed by atoms with E-state index in [2.05, 4.69) is 26.8 Å². The van der Waals surface area contributed by atoms with E-state index >= 15 is 0 Å². The molecule has 24 heavy (non-hydrogen) atoms. The van der Waals surface area contributed by atoms with E-state index in [0.29, 0.717) is 18.3 Å². The van der Waals surface area contributed by atoms with Crippen LogP contribution in [0.25, 0.3) is 0 Å². The summed E-state index contributed by atoms with van der Waals surface area (Å²) in [5.41, 5.74) is 2.55. The van der Waals surface area contributed by atoms with Crippen LogP contribution in [0.5, 0.6) is 0 Å². The van der Waals surface area contributed by atoms with Crippen LogP contribution in [0.1, 0.15) is 42.6 Å². The quantitative estimate of drug-likeness (QED) is 0.905. The normalized spacial score (nSPS) is 24.7. The van der Waals surface area contributed by atoms with Gasteiger partial charge in [-0.2, -0.15) is 4.98 Å². The number of carbonyl (C=O) groups is 1. The van der Waals surface area contributed by atoms with Crippen molar-refractivity contribution in [1.82, 2.24) is 19.8 Å². The lowest BCUT2D eigenvalue weighted by atomic mass is 9.79. The molecule has 0 saturated carbocycles. The molecule has 3 rings (SSSR count). The average Bonchev–Trinajstić information content (AvgIpc) is 2.86. The zero-order valence-corrected chi connectivity index (χ0v) is 15.0. The Bertz CT molecular complexity index is 654. The van der Waals surface area contributed by atoms with Crippen LogP contribution < -0.4 is 5.69 Å². The van der Waals surface area contributed by atoms with Gasteiger partial charge in [0.25, 0.3) is 0 Å². The summed E-state index contributed by atoms with van der Waals surface area (Å²) in [5, 5.41) is 0. The predicted molar refractivity (Wildman–Crippen MR) is 93.0 cm³/mol. The number of hydrogen-bond acceptors (Lipinski definition) is 4. The minimum absolute atomic E-state index is 0.230. The first-order valence-electron chi connectivity index (χ1n) is 8.91. The molecular weight excluding hydrogens is 304 g/mol. The summed E-state index contributed by atoms with van der Waals surface area (Å²) >= 11 is 0. The van der Waals surface area contributed by atoms with E-state index in [1.807, 2.05) is 13.8 Å². The highest BCUT2D eigenvalue weighted by Gasteiger charge is 2.41. The molecule has 2 aliphatic heterocycles. The molecule has 2 saturated heterocycles. The molecular formula is C18H28N4O2. The Labute approximate surface area is 143 Å². The highest BCUT2D eigenvalue weighted by Crippen LogP contribution is 2.38. The summed E-state index contributed by atoms with van der Waals surface area (Å²) in [4.78, 5) is 35.2. The summed E-state index contributed by atoms with van der Waals surface area (Å²) in [6, 6.07) is 0. The third kappa shape index (κ3) is 3.53. The fourth-order valence-electron chi connectivity index (χ4n) is 4.43. The maximum Gasteiger partial charge on any atom is 0.345 e. The third-order valence-corrected chi connectivity index (χ3v) is 5.69. The van der Waals surface area contributed by atoms with E-state index in [-0.39, 0.29) is 11.6 Å². The molecule has 1 unspecified atom stereocenters. The van der Waals surface area contributed by atoms with E-state index < -0.39 is 0 Å². The molecule has 1 spiro atoms. The molecule has 3 heterocycles. The van der Waals surface area contributed by atoms with E-state index in [1.54, 1.807) is 0 Å². The van der Waals surface area contributed by atoms with Crippen molar-refractivity contribution in [1.29, 1.82) is 0 Å². The topological polar surface area (TPSA) is 69.3 Å². The predicted octanol–water partition coefficient (Wildman–Crippen LogP) is 1.26. The van der Waals surface area contributed by atoms with Crippen molar-refractivity contribution in [3.63, 3.8) is 0 Å². The number of H-pyrrole nitrogens is 1. The molecule has 132 valence electrons. The number of rotatable bonds is 3. The summed E-state index contributed by atoms with van der Waals surface area (Å²) in [6.07, 6.45) is 4.68. The molecule has 1 atom stereocenters. The van der Waals surface area contributed by atoms with Crippen molar-refractivity contribution in [3.05, 3.63) is 27.4 Å². The Morgan fingerprint density at radius 3 is 2.71 bits per heavy atom. The summed E-state index contributed by atoms with van der Waals surface area (Å²) in [6.45, 7) is 7.75. The first-order chi connectivity index (χ1) is 11.4. The van der Waals surface area contributed by atoms with Crippen molar-refractivity contribution in [2.24, 2.45) is 5.41 Å². The Morgan fingerprint density at radius 2 is 2.04 bits per heavy atom. The van der Waals surface area contributed by atoms with Crippen LogP contribution in [0.15, 0.2) is 4.79 Å². The van der Waals surface area contributed by atoms with Crippen molar-refractivity contribution >= 4 is 5.91 Å². The second-order valence-electron chi connectivity index (χ2n) is 7.64. The van der Waals surface area contributed by atoms with Crippen LogP contribution >= 0.6 is 0 Å². The Balaban J connectivity index is 1.62. The number of carbonyl (C=O) groups excluding carboxylic acids is 1. The van der Waals surface area contributed by atoms with Crippen molar-refractivity contribution in [3.8, 4) is 0 Å². The SMILES string of the molecule is Cc1nc(=O)[nH]c(C)c1CCC(=O)N1CCCC2(CCN(C)C2)C1. The largest absolute Gasteiger partial charge is 0.345 e. The molecule has 0 bridgehead atoms. The Morgan fingerprint density at radius 1 is 1.25 bits per heavy atom. The number of piperidine rings is 1. The van der Waals surface area contributed by atoms with Gasteiger partial charge in [0.15, 0.2) is 0 Å². The van der Waals surface area contributed by atoms with E-state index in [4.69, 9.17) is 0 Å². The van der Waals surface area contributed by atoms with Gasteiger partial charge in [0, 0.05) is 42.9 Å². The fraction of sp³-hybridized carbons (Fsp3) is 0.722. The molecule has 6 nitrogen and oxygen atoms in total. The lowest BCUT2D eigenvalue weighted by molar-refractivity contribution is -0.134. The molecule has 1 amide bonds. The zero-order valence-electron chi connectivity index (χ0n) is 15.0. The number of aryl methyl sites for hydroxylation is 2. The first-order valence-corrected chi connectivity index (χ1v) is 8.91. The summed E-state index contributed by atoms with van der Waals surface area (Å²) in [5.74, 6) is 0.230. The number of amides is 1. The lowest BCUT2D eigenvalue weighted by Gasteiger charge is -2.40. The molecule has 0 aromatic carbocycles. The van der Waals surface area contributed by atoms with Crippen LogP contribution in [-0.4, -0.2) is 58.9 Å². The number of hydrogen-bond donors (Lipinski definition) is 1. The van der Waals surface area contributed by atoms with Gasteiger partial charge in [0.2, 0.25) is 5.91 Å². The molecule has 0 aliphatic carbocycles. The second-order valence-corrected chi connectivity index (χ2v) is 7.64. The van der Waals surface area contributed by atoms with Crippen molar-refractivity contribution < 1.29 is 4.79 Å². The van der Waals surface area contributed by atoms with Crippen LogP contribution in [0.2, 0.25) is 0 Å². The van der Waals surface area contributed by atoms with Gasteiger partial charge in [-0.15, -0.1) is 0 Å². The fourth-order valence-corrected chi connectivity index (χ4v) is 4.43. The van der Waals surface area contributed by atoms with Gasteiger partial charge >= 0.3 is 5.69 Å². The highest BCUT2D eigenvalue weighted by atomic mass is 16.2. The van der Waals surface area contributed by atoms with Gasteiger partial charge in [-0.1, -0.05) is 0 Å². The standard InChI is InChI=1S/C18H28N4O2/c1-13-15(14(2)20-17(24)19-13)5-6-16(23)22-9-4-7-18(12-22)8-10-21(3)11-18/h4-12H2,1-3H3,(H,19,20,24). The summed E-state index contributed by atoms with van der Waals surface area (Å²) < 4.78 is 0. The number of aromatic amines is 1. The number of likely N-dealkylation sites (tertiary alicyclic amines) is 2. The van der Waals surface area contributed by atoms with Gasteiger partial charge in [-0.3, -0.25) is 4.79 Å². The smallest absolute Gasteiger partial charge is 0.342 e. The molecule has 1 aromatic heterocycles. The molecule has 0 radical (unpaired) electrons. The van der Waals surface area contributed by atoms with Gasteiger partial charge in [-0.05, 0) is 58.7 Å². The molecule has 2 aliphatic rings. The van der Waals surface area contributed by atoms with Crippen molar-refractivity contribution in [2.45, 2.75) is 46.0 Å². The van der Waals surface area contributed by atoms with Crippen LogP contribution in [0.4, 0.5) is 0 Å². The maximum absolute atomic E-state index is 12.7. The maximum atomic E-state index is 12.7. The van der Waals surface area contributed by atoms with Crippen LogP contribution in [-0.2, 0) is 11.2 Å². The second kappa shape index (κ2) is 6.67. The lowest BCUT2D eigenvalue weighted by Crippen LogP contribution is -2.47. The van der Waals surface area contributed by atoms with Gasteiger partial charge < -0.3 is 14.8 Å². The Hall–Kier alpha value is -1.69. The average molecular weight is 332 g/mol. The summed E-state index contributed by atoms with van der Waals surface area (Å²) in [7, 11) is 2.17. The Kier molecular flexibility index (Phi) is 4.76. The van der Waals surface area contributed by atoms with Gasteiger partial charge in [-0.25, -0.2) is 4.79 Å². The highest BCUT2D eigenvalue weighted by molar-refractivity contribution is 5.76.